The van der Waals surface area contributed by atoms with Gasteiger partial charge >= 0.3 is 0 Å². The van der Waals surface area contributed by atoms with Crippen molar-refractivity contribution in [3.8, 4) is 0 Å². The van der Waals surface area contributed by atoms with Crippen molar-refractivity contribution in [3.63, 3.8) is 0 Å². The van der Waals surface area contributed by atoms with Gasteiger partial charge in [-0.2, -0.15) is 0 Å². The number of carbonyl (C=O) groups is 1. The molecule has 0 saturated heterocycles. The van der Waals surface area contributed by atoms with Gasteiger partial charge < -0.3 is 11.1 Å². The van der Waals surface area contributed by atoms with Gasteiger partial charge in [0.15, 0.2) is 0 Å². The second kappa shape index (κ2) is 7.00. The van der Waals surface area contributed by atoms with Gasteiger partial charge in [-0.25, -0.2) is 0 Å². The highest BCUT2D eigenvalue weighted by Crippen LogP contribution is 2.27. The lowest BCUT2D eigenvalue weighted by Crippen LogP contribution is -2.41. The van der Waals surface area contributed by atoms with Gasteiger partial charge in [0.2, 0.25) is 5.91 Å². The van der Waals surface area contributed by atoms with Crippen molar-refractivity contribution in [1.29, 1.82) is 0 Å². The summed E-state index contributed by atoms with van der Waals surface area (Å²) < 4.78 is 0. The molecule has 0 spiro atoms. The summed E-state index contributed by atoms with van der Waals surface area (Å²) in [6, 6.07) is 0.204. The molecule has 3 nitrogen and oxygen atoms in total. The average molecular weight is 240 g/mol. The zero-order valence-electron chi connectivity index (χ0n) is 11.5. The molecule has 100 valence electrons. The second-order valence-electron chi connectivity index (χ2n) is 5.98. The maximum atomic E-state index is 11.9. The Morgan fingerprint density at radius 3 is 2.71 bits per heavy atom. The molecule has 0 aliphatic heterocycles. The van der Waals surface area contributed by atoms with E-state index in [1.807, 2.05) is 0 Å². The summed E-state index contributed by atoms with van der Waals surface area (Å²) in [6.07, 6.45) is 5.22. The lowest BCUT2D eigenvalue weighted by Gasteiger charge is -2.31. The normalized spacial score (nSPS) is 29.4. The topological polar surface area (TPSA) is 55.1 Å². The van der Waals surface area contributed by atoms with E-state index in [-0.39, 0.29) is 17.9 Å². The van der Waals surface area contributed by atoms with Gasteiger partial charge in [-0.05, 0) is 43.9 Å². The van der Waals surface area contributed by atoms with Gasteiger partial charge in [0, 0.05) is 18.5 Å². The Morgan fingerprint density at radius 1 is 1.41 bits per heavy atom. The quantitative estimate of drug-likeness (QED) is 0.725. The van der Waals surface area contributed by atoms with E-state index in [9.17, 15) is 4.79 Å². The molecular formula is C14H28N2O. The van der Waals surface area contributed by atoms with E-state index >= 15 is 0 Å². The van der Waals surface area contributed by atoms with Crippen LogP contribution in [0.4, 0.5) is 0 Å². The number of nitrogens with two attached hydrogens (primary N) is 1. The van der Waals surface area contributed by atoms with Crippen LogP contribution in [0.2, 0.25) is 0 Å². The number of amides is 1. The van der Waals surface area contributed by atoms with Crippen LogP contribution in [0.3, 0.4) is 0 Å². The molecule has 0 radical (unpaired) electrons. The van der Waals surface area contributed by atoms with Crippen molar-refractivity contribution < 1.29 is 4.79 Å². The summed E-state index contributed by atoms with van der Waals surface area (Å²) in [5, 5.41) is 3.05. The molecule has 0 aromatic heterocycles. The van der Waals surface area contributed by atoms with E-state index in [1.54, 1.807) is 0 Å². The summed E-state index contributed by atoms with van der Waals surface area (Å²) in [4.78, 5) is 11.9. The standard InChI is InChI=1S/C14H28N2O/c1-10(2)5-4-8-16-14(17)12-7-6-11(3)13(15)9-12/h10-13H,4-9,15H2,1-3H3,(H,16,17). The van der Waals surface area contributed by atoms with Crippen LogP contribution in [-0.2, 0) is 4.79 Å². The summed E-state index contributed by atoms with van der Waals surface area (Å²) in [5.74, 6) is 1.66. The van der Waals surface area contributed by atoms with Crippen LogP contribution in [0, 0.1) is 17.8 Å². The second-order valence-corrected chi connectivity index (χ2v) is 5.98. The van der Waals surface area contributed by atoms with Crippen molar-refractivity contribution in [2.75, 3.05) is 6.54 Å². The zero-order chi connectivity index (χ0) is 12.8. The highest BCUT2D eigenvalue weighted by atomic mass is 16.1. The minimum absolute atomic E-state index is 0.153. The first kappa shape index (κ1) is 14.5. The van der Waals surface area contributed by atoms with Crippen LogP contribution in [0.1, 0.15) is 52.9 Å². The van der Waals surface area contributed by atoms with Gasteiger partial charge in [0.05, 0.1) is 0 Å². The first-order valence-electron chi connectivity index (χ1n) is 7.04. The Bertz CT molecular complexity index is 240. The van der Waals surface area contributed by atoms with Gasteiger partial charge in [-0.15, -0.1) is 0 Å². The first-order valence-corrected chi connectivity index (χ1v) is 7.04. The number of hydrogen-bond acceptors (Lipinski definition) is 2. The molecule has 1 fully saturated rings. The molecule has 1 saturated carbocycles. The Kier molecular flexibility index (Phi) is 5.96. The molecule has 17 heavy (non-hydrogen) atoms. The van der Waals surface area contributed by atoms with Crippen LogP contribution >= 0.6 is 0 Å². The van der Waals surface area contributed by atoms with E-state index < -0.39 is 0 Å². The fourth-order valence-electron chi connectivity index (χ4n) is 2.46. The molecule has 1 aliphatic carbocycles. The summed E-state index contributed by atoms with van der Waals surface area (Å²) >= 11 is 0. The maximum Gasteiger partial charge on any atom is 0.223 e. The van der Waals surface area contributed by atoms with Crippen LogP contribution in [0.15, 0.2) is 0 Å². The molecular weight excluding hydrogens is 212 g/mol. The minimum atomic E-state index is 0.153. The highest BCUT2D eigenvalue weighted by Gasteiger charge is 2.29. The lowest BCUT2D eigenvalue weighted by molar-refractivity contribution is -0.126. The molecule has 3 heteroatoms. The predicted molar refractivity (Wildman–Crippen MR) is 71.6 cm³/mol. The molecule has 3 atom stereocenters. The number of hydrogen-bond donors (Lipinski definition) is 2. The van der Waals surface area contributed by atoms with E-state index in [0.717, 1.165) is 38.1 Å². The van der Waals surface area contributed by atoms with E-state index in [4.69, 9.17) is 5.73 Å². The predicted octanol–water partition coefficient (Wildman–Crippen LogP) is 2.30. The molecule has 1 aliphatic rings. The smallest absolute Gasteiger partial charge is 0.223 e. The molecule has 3 N–H and O–H groups in total. The lowest BCUT2D eigenvalue weighted by atomic mass is 9.79. The van der Waals surface area contributed by atoms with E-state index in [0.29, 0.717) is 5.92 Å². The molecule has 3 unspecified atom stereocenters. The van der Waals surface area contributed by atoms with Gasteiger partial charge in [0.1, 0.15) is 0 Å². The number of nitrogens with one attached hydrogen (secondary N) is 1. The van der Waals surface area contributed by atoms with Crippen LogP contribution < -0.4 is 11.1 Å². The Labute approximate surface area is 106 Å². The van der Waals surface area contributed by atoms with Crippen molar-refractivity contribution >= 4 is 5.91 Å². The van der Waals surface area contributed by atoms with Crippen molar-refractivity contribution in [2.24, 2.45) is 23.5 Å². The van der Waals surface area contributed by atoms with Crippen molar-refractivity contribution in [2.45, 2.75) is 58.9 Å². The van der Waals surface area contributed by atoms with Crippen LogP contribution in [0.25, 0.3) is 0 Å². The molecule has 1 amide bonds. The maximum absolute atomic E-state index is 11.9. The molecule has 0 aromatic carbocycles. The molecule has 1 rings (SSSR count). The van der Waals surface area contributed by atoms with Crippen molar-refractivity contribution in [3.05, 3.63) is 0 Å². The SMILES string of the molecule is CC(C)CCCNC(=O)C1CCC(C)C(N)C1. The Hall–Kier alpha value is -0.570. The third kappa shape index (κ3) is 5.07. The fourth-order valence-corrected chi connectivity index (χ4v) is 2.46. The monoisotopic (exact) mass is 240 g/mol. The van der Waals surface area contributed by atoms with E-state index in [2.05, 4.69) is 26.1 Å². The summed E-state index contributed by atoms with van der Waals surface area (Å²) in [6.45, 7) is 7.42. The van der Waals surface area contributed by atoms with Crippen molar-refractivity contribution in [1.82, 2.24) is 5.32 Å². The third-order valence-electron chi connectivity index (χ3n) is 3.89. The fraction of sp³-hybridized carbons (Fsp3) is 0.929. The number of rotatable bonds is 5. The first-order chi connectivity index (χ1) is 8.00. The van der Waals surface area contributed by atoms with E-state index in [1.165, 1.54) is 6.42 Å². The van der Waals surface area contributed by atoms with Gasteiger partial charge in [-0.3, -0.25) is 4.79 Å². The third-order valence-corrected chi connectivity index (χ3v) is 3.89. The molecule has 0 heterocycles. The average Bonchev–Trinajstić information content (AvgIpc) is 2.27. The largest absolute Gasteiger partial charge is 0.356 e. The van der Waals surface area contributed by atoms with Gasteiger partial charge in [-0.1, -0.05) is 20.8 Å². The molecule has 0 aromatic rings. The zero-order valence-corrected chi connectivity index (χ0v) is 11.5. The highest BCUT2D eigenvalue weighted by molar-refractivity contribution is 5.78. The Balaban J connectivity index is 2.19. The summed E-state index contributed by atoms with van der Waals surface area (Å²) in [7, 11) is 0. The molecule has 0 bridgehead atoms. The van der Waals surface area contributed by atoms with Crippen LogP contribution in [-0.4, -0.2) is 18.5 Å². The van der Waals surface area contributed by atoms with Gasteiger partial charge in [0.25, 0.3) is 0 Å². The number of carbonyl (C=O) groups excluding carboxylic acids is 1. The van der Waals surface area contributed by atoms with Crippen LogP contribution in [0.5, 0.6) is 0 Å². The Morgan fingerprint density at radius 2 is 2.12 bits per heavy atom. The summed E-state index contributed by atoms with van der Waals surface area (Å²) in [5.41, 5.74) is 6.02. The minimum Gasteiger partial charge on any atom is -0.356 e.